The number of aliphatic hydroxyl groups is 2. The molecule has 0 aromatic heterocycles. The van der Waals surface area contributed by atoms with Gasteiger partial charge in [0.2, 0.25) is 5.91 Å². The summed E-state index contributed by atoms with van der Waals surface area (Å²) in [6.07, 6.45) is 53.1. The number of carbonyl (C=O) groups excluding carboxylic acids is 2. The number of nitrogens with one attached hydrogen (secondary N) is 1. The molecule has 0 aliphatic carbocycles. The molecule has 6 heteroatoms. The number of unbranched alkanes of at least 4 members (excludes halogenated alkanes) is 25. The fraction of sp³-hybridized carbons (Fsp3) is 0.804. The third-order valence-corrected chi connectivity index (χ3v) is 11.0. The Kier molecular flexibility index (Phi) is 43.2. The summed E-state index contributed by atoms with van der Waals surface area (Å²) in [4.78, 5) is 26.0. The van der Waals surface area contributed by atoms with E-state index in [0.29, 0.717) is 19.3 Å². The van der Waals surface area contributed by atoms with Gasteiger partial charge in [-0.15, -0.1) is 0 Å². The van der Waals surface area contributed by atoms with Crippen molar-refractivity contribution in [1.29, 1.82) is 0 Å². The van der Waals surface area contributed by atoms with Gasteiger partial charge in [-0.1, -0.05) is 204 Å². The first-order valence-corrected chi connectivity index (χ1v) is 24.4. The van der Waals surface area contributed by atoms with E-state index in [4.69, 9.17) is 4.74 Å². The number of esters is 1. The van der Waals surface area contributed by atoms with E-state index >= 15 is 0 Å². The number of hydrogen-bond acceptors (Lipinski definition) is 5. The van der Waals surface area contributed by atoms with Gasteiger partial charge in [-0.2, -0.15) is 0 Å². The highest BCUT2D eigenvalue weighted by molar-refractivity contribution is 5.77. The predicted molar refractivity (Wildman–Crippen MR) is 245 cm³/mol. The molecule has 0 aliphatic heterocycles. The minimum Gasteiger partial charge on any atom is -0.462 e. The SMILES string of the molecule is CC/C=C/C=C/C=C/CCCCCCCC(CC(=O)NC(CO)C(O)CCCCCCCCCCCCC)OC(=O)CCCCC/C=C\CCCCCCCCC. The quantitative estimate of drug-likeness (QED) is 0.0247. The number of amides is 1. The number of allylic oxidation sites excluding steroid dienone is 8. The van der Waals surface area contributed by atoms with Crippen molar-refractivity contribution in [2.75, 3.05) is 6.61 Å². The Morgan fingerprint density at radius 1 is 0.526 bits per heavy atom. The molecule has 0 spiro atoms. The van der Waals surface area contributed by atoms with Crippen molar-refractivity contribution < 1.29 is 24.5 Å². The summed E-state index contributed by atoms with van der Waals surface area (Å²) in [6.45, 7) is 6.33. The minimum absolute atomic E-state index is 0.0582. The number of hydrogen-bond donors (Lipinski definition) is 3. The third kappa shape index (κ3) is 40.4. The second kappa shape index (κ2) is 44.9. The largest absolute Gasteiger partial charge is 0.462 e. The van der Waals surface area contributed by atoms with Crippen molar-refractivity contribution in [2.24, 2.45) is 0 Å². The van der Waals surface area contributed by atoms with E-state index in [0.717, 1.165) is 89.9 Å². The standard InChI is InChI=1S/C51H93NO5/c1-4-7-10-13-16-19-22-24-26-29-32-35-38-41-44-51(56)57-47(42-39-36-33-30-28-25-23-20-17-14-11-8-5-2)45-50(55)52-48(46-53)49(54)43-40-37-34-31-27-21-18-15-12-9-6-3/h8,11,14,17,20,23,26,29,47-49,53-54H,4-7,9-10,12-13,15-16,18-19,21-22,24-25,27-28,30-46H2,1-3H3,(H,52,55)/b11-8+,17-14+,23-20+,29-26-. The maximum Gasteiger partial charge on any atom is 0.306 e. The first kappa shape index (κ1) is 54.8. The fourth-order valence-electron chi connectivity index (χ4n) is 7.25. The topological polar surface area (TPSA) is 95.9 Å². The highest BCUT2D eigenvalue weighted by atomic mass is 16.5. The molecule has 0 aromatic carbocycles. The molecular weight excluding hydrogens is 707 g/mol. The lowest BCUT2D eigenvalue weighted by atomic mass is 10.0. The van der Waals surface area contributed by atoms with Gasteiger partial charge in [-0.25, -0.2) is 0 Å². The molecule has 3 atom stereocenters. The molecule has 0 heterocycles. The third-order valence-electron chi connectivity index (χ3n) is 11.0. The van der Waals surface area contributed by atoms with Crippen LogP contribution in [0.25, 0.3) is 0 Å². The van der Waals surface area contributed by atoms with Crippen LogP contribution >= 0.6 is 0 Å². The van der Waals surface area contributed by atoms with E-state index in [1.165, 1.54) is 103 Å². The molecule has 0 aromatic rings. The van der Waals surface area contributed by atoms with Crippen molar-refractivity contribution in [3.63, 3.8) is 0 Å². The minimum atomic E-state index is -0.794. The lowest BCUT2D eigenvalue weighted by molar-refractivity contribution is -0.151. The van der Waals surface area contributed by atoms with Gasteiger partial charge in [-0.05, 0) is 70.6 Å². The lowest BCUT2D eigenvalue weighted by Gasteiger charge is -2.24. The summed E-state index contributed by atoms with van der Waals surface area (Å²) in [5.41, 5.74) is 0. The second-order valence-corrected chi connectivity index (χ2v) is 16.5. The summed E-state index contributed by atoms with van der Waals surface area (Å²) in [5.74, 6) is -0.511. The van der Waals surface area contributed by atoms with Crippen LogP contribution in [0.4, 0.5) is 0 Å². The zero-order valence-electron chi connectivity index (χ0n) is 37.7. The summed E-state index contributed by atoms with van der Waals surface area (Å²) in [6, 6.07) is -0.709. The summed E-state index contributed by atoms with van der Waals surface area (Å²) in [5, 5.41) is 23.7. The summed E-state index contributed by atoms with van der Waals surface area (Å²) >= 11 is 0. The highest BCUT2D eigenvalue weighted by Crippen LogP contribution is 2.17. The van der Waals surface area contributed by atoms with Crippen LogP contribution in [0.15, 0.2) is 48.6 Å². The smallest absolute Gasteiger partial charge is 0.306 e. The Morgan fingerprint density at radius 2 is 0.965 bits per heavy atom. The molecule has 0 radical (unpaired) electrons. The average Bonchev–Trinajstić information content (AvgIpc) is 3.20. The number of ether oxygens (including phenoxy) is 1. The van der Waals surface area contributed by atoms with Crippen LogP contribution in [-0.2, 0) is 14.3 Å². The molecule has 1 amide bonds. The van der Waals surface area contributed by atoms with Crippen LogP contribution < -0.4 is 5.32 Å². The Labute approximate surface area is 353 Å². The van der Waals surface area contributed by atoms with Crippen molar-refractivity contribution in [3.05, 3.63) is 48.6 Å². The molecule has 0 bridgehead atoms. The van der Waals surface area contributed by atoms with Crippen molar-refractivity contribution in [1.82, 2.24) is 5.32 Å². The van der Waals surface area contributed by atoms with Crippen LogP contribution in [0.3, 0.4) is 0 Å². The normalized spacial score (nSPS) is 13.7. The van der Waals surface area contributed by atoms with Gasteiger partial charge in [-0.3, -0.25) is 9.59 Å². The van der Waals surface area contributed by atoms with Gasteiger partial charge in [0.15, 0.2) is 0 Å². The van der Waals surface area contributed by atoms with Gasteiger partial charge in [0, 0.05) is 6.42 Å². The van der Waals surface area contributed by atoms with Gasteiger partial charge in [0.1, 0.15) is 6.10 Å². The maximum atomic E-state index is 13.2. The van der Waals surface area contributed by atoms with E-state index in [-0.39, 0.29) is 24.9 Å². The molecule has 0 saturated carbocycles. The maximum absolute atomic E-state index is 13.2. The monoisotopic (exact) mass is 800 g/mol. The molecule has 0 aliphatic rings. The van der Waals surface area contributed by atoms with Gasteiger partial charge in [0.25, 0.3) is 0 Å². The van der Waals surface area contributed by atoms with Crippen LogP contribution in [0.2, 0.25) is 0 Å². The Hall–Kier alpha value is -2.18. The van der Waals surface area contributed by atoms with Crippen LogP contribution in [0.1, 0.15) is 239 Å². The van der Waals surface area contributed by atoms with Crippen LogP contribution in [0, 0.1) is 0 Å². The molecule has 3 N–H and O–H groups in total. The molecule has 332 valence electrons. The van der Waals surface area contributed by atoms with Gasteiger partial charge in [0.05, 0.1) is 25.2 Å². The molecule has 6 nitrogen and oxygen atoms in total. The molecule has 0 rings (SSSR count). The lowest BCUT2D eigenvalue weighted by Crippen LogP contribution is -2.46. The van der Waals surface area contributed by atoms with E-state index in [9.17, 15) is 19.8 Å². The highest BCUT2D eigenvalue weighted by Gasteiger charge is 2.24. The molecule has 3 unspecified atom stereocenters. The zero-order chi connectivity index (χ0) is 41.7. The van der Waals surface area contributed by atoms with Crippen molar-refractivity contribution >= 4 is 11.9 Å². The van der Waals surface area contributed by atoms with Crippen molar-refractivity contribution in [3.8, 4) is 0 Å². The number of rotatable bonds is 43. The van der Waals surface area contributed by atoms with Crippen molar-refractivity contribution in [2.45, 2.75) is 257 Å². The van der Waals surface area contributed by atoms with Gasteiger partial charge >= 0.3 is 5.97 Å². The van der Waals surface area contributed by atoms with E-state index in [1.54, 1.807) is 0 Å². The fourth-order valence-corrected chi connectivity index (χ4v) is 7.25. The summed E-state index contributed by atoms with van der Waals surface area (Å²) in [7, 11) is 0. The number of carbonyl (C=O) groups is 2. The van der Waals surface area contributed by atoms with E-state index in [1.807, 2.05) is 0 Å². The Balaban J connectivity index is 4.64. The molecule has 57 heavy (non-hydrogen) atoms. The summed E-state index contributed by atoms with van der Waals surface area (Å²) < 4.78 is 5.90. The predicted octanol–water partition coefficient (Wildman–Crippen LogP) is 14.3. The van der Waals surface area contributed by atoms with E-state index in [2.05, 4.69) is 74.7 Å². The second-order valence-electron chi connectivity index (χ2n) is 16.5. The van der Waals surface area contributed by atoms with Crippen LogP contribution in [0.5, 0.6) is 0 Å². The molecule has 0 fully saturated rings. The van der Waals surface area contributed by atoms with E-state index < -0.39 is 18.2 Å². The average molecular weight is 800 g/mol. The molecule has 0 saturated heterocycles. The van der Waals surface area contributed by atoms with Crippen LogP contribution in [-0.4, -0.2) is 46.9 Å². The van der Waals surface area contributed by atoms with Gasteiger partial charge < -0.3 is 20.3 Å². The Bertz CT molecular complexity index is 988. The first-order valence-electron chi connectivity index (χ1n) is 24.4. The first-order chi connectivity index (χ1) is 28.0. The zero-order valence-corrected chi connectivity index (χ0v) is 37.7. The Morgan fingerprint density at radius 3 is 1.47 bits per heavy atom. The number of aliphatic hydroxyl groups excluding tert-OH is 2. The molecular formula is C51H93NO5.